The summed E-state index contributed by atoms with van der Waals surface area (Å²) in [5, 5.41) is 0. The molecule has 2 nitrogen and oxygen atoms in total. The number of benzene rings is 1. The summed E-state index contributed by atoms with van der Waals surface area (Å²) >= 11 is 0. The van der Waals surface area contributed by atoms with Crippen molar-refractivity contribution in [2.75, 3.05) is 0 Å². The van der Waals surface area contributed by atoms with Gasteiger partial charge in [0, 0.05) is 11.0 Å². The molecule has 1 aliphatic rings. The van der Waals surface area contributed by atoms with E-state index >= 15 is 0 Å². The number of esters is 1. The molecule has 1 aromatic rings. The molecule has 0 atom stereocenters. The molecule has 0 saturated heterocycles. The lowest BCUT2D eigenvalue weighted by Gasteiger charge is -2.32. The van der Waals surface area contributed by atoms with Crippen molar-refractivity contribution >= 4 is 5.97 Å². The van der Waals surface area contributed by atoms with E-state index in [0.717, 1.165) is 16.9 Å². The SMILES string of the molecule is Cc1cc(C)c2c(c1)C(C)(C)CC(=O)O2. The molecule has 0 amide bonds. The van der Waals surface area contributed by atoms with Crippen molar-refractivity contribution in [3.63, 3.8) is 0 Å². The lowest BCUT2D eigenvalue weighted by molar-refractivity contribution is -0.137. The smallest absolute Gasteiger partial charge is 0.312 e. The van der Waals surface area contributed by atoms with Crippen LogP contribution in [-0.4, -0.2) is 5.97 Å². The van der Waals surface area contributed by atoms with Crippen LogP contribution in [0.3, 0.4) is 0 Å². The fourth-order valence-electron chi connectivity index (χ4n) is 2.20. The number of rotatable bonds is 0. The molecule has 1 aromatic carbocycles. The monoisotopic (exact) mass is 204 g/mol. The van der Waals surface area contributed by atoms with Crippen LogP contribution in [0.2, 0.25) is 0 Å². The van der Waals surface area contributed by atoms with Crippen LogP contribution in [0.1, 0.15) is 37.0 Å². The van der Waals surface area contributed by atoms with Crippen molar-refractivity contribution in [1.29, 1.82) is 0 Å². The molecule has 0 N–H and O–H groups in total. The molecule has 80 valence electrons. The van der Waals surface area contributed by atoms with Crippen LogP contribution >= 0.6 is 0 Å². The first-order chi connectivity index (χ1) is 6.90. The standard InChI is InChI=1S/C13H16O2/c1-8-5-9(2)12-10(6-8)13(3,4)7-11(14)15-12/h5-6H,7H2,1-4H3. The molecule has 0 radical (unpaired) electrons. The highest BCUT2D eigenvalue weighted by Crippen LogP contribution is 2.41. The summed E-state index contributed by atoms with van der Waals surface area (Å²) < 4.78 is 5.31. The molecule has 0 saturated carbocycles. The number of carbonyl (C=O) groups excluding carboxylic acids is 1. The second-order valence-corrected chi connectivity index (χ2v) is 4.99. The lowest BCUT2D eigenvalue weighted by Crippen LogP contribution is -2.31. The predicted octanol–water partition coefficient (Wildman–Crippen LogP) is 2.89. The van der Waals surface area contributed by atoms with Gasteiger partial charge in [-0.05, 0) is 19.4 Å². The summed E-state index contributed by atoms with van der Waals surface area (Å²) in [6.07, 6.45) is 0.461. The Morgan fingerprint density at radius 1 is 1.27 bits per heavy atom. The minimum atomic E-state index is -0.126. The van der Waals surface area contributed by atoms with Crippen LogP contribution < -0.4 is 4.74 Å². The minimum Gasteiger partial charge on any atom is -0.426 e. The zero-order chi connectivity index (χ0) is 11.2. The van der Waals surface area contributed by atoms with Crippen molar-refractivity contribution in [3.8, 4) is 5.75 Å². The first kappa shape index (κ1) is 10.2. The van der Waals surface area contributed by atoms with Gasteiger partial charge >= 0.3 is 5.97 Å². The first-order valence-corrected chi connectivity index (χ1v) is 5.22. The topological polar surface area (TPSA) is 26.3 Å². The molecule has 0 aromatic heterocycles. The van der Waals surface area contributed by atoms with Crippen molar-refractivity contribution < 1.29 is 9.53 Å². The second-order valence-electron chi connectivity index (χ2n) is 4.99. The Kier molecular flexibility index (Phi) is 2.10. The average molecular weight is 204 g/mol. The molecule has 1 heterocycles. The van der Waals surface area contributed by atoms with Gasteiger partial charge in [-0.25, -0.2) is 0 Å². The lowest BCUT2D eigenvalue weighted by atomic mass is 9.78. The van der Waals surface area contributed by atoms with E-state index < -0.39 is 0 Å². The summed E-state index contributed by atoms with van der Waals surface area (Å²) in [6, 6.07) is 4.17. The highest BCUT2D eigenvalue weighted by molar-refractivity contribution is 5.78. The van der Waals surface area contributed by atoms with Gasteiger partial charge in [0.2, 0.25) is 0 Å². The van der Waals surface area contributed by atoms with Crippen LogP contribution in [0.15, 0.2) is 12.1 Å². The number of hydrogen-bond acceptors (Lipinski definition) is 2. The van der Waals surface area contributed by atoms with E-state index in [9.17, 15) is 4.79 Å². The largest absolute Gasteiger partial charge is 0.426 e. The van der Waals surface area contributed by atoms with Gasteiger partial charge in [0.1, 0.15) is 5.75 Å². The molecule has 2 rings (SSSR count). The molecular formula is C13H16O2. The summed E-state index contributed by atoms with van der Waals surface area (Å²) in [6.45, 7) is 8.23. The summed E-state index contributed by atoms with van der Waals surface area (Å²) in [4.78, 5) is 11.5. The molecule has 0 fully saturated rings. The fraction of sp³-hybridized carbons (Fsp3) is 0.462. The Balaban J connectivity index is 2.67. The number of fused-ring (bicyclic) bond motifs is 1. The van der Waals surface area contributed by atoms with Gasteiger partial charge < -0.3 is 4.74 Å². The van der Waals surface area contributed by atoms with E-state index in [0.29, 0.717) is 6.42 Å². The van der Waals surface area contributed by atoms with Gasteiger partial charge in [0.15, 0.2) is 0 Å². The molecule has 1 aliphatic heterocycles. The summed E-state index contributed by atoms with van der Waals surface area (Å²) in [5.74, 6) is 0.640. The molecular weight excluding hydrogens is 188 g/mol. The van der Waals surface area contributed by atoms with Gasteiger partial charge in [-0.2, -0.15) is 0 Å². The van der Waals surface area contributed by atoms with E-state index in [-0.39, 0.29) is 11.4 Å². The van der Waals surface area contributed by atoms with Crippen LogP contribution in [0, 0.1) is 13.8 Å². The highest BCUT2D eigenvalue weighted by Gasteiger charge is 2.34. The molecule has 15 heavy (non-hydrogen) atoms. The van der Waals surface area contributed by atoms with Gasteiger partial charge in [0.05, 0.1) is 6.42 Å². The number of aryl methyl sites for hydroxylation is 2. The normalized spacial score (nSPS) is 18.3. The Bertz CT molecular complexity index is 430. The van der Waals surface area contributed by atoms with Gasteiger partial charge in [-0.1, -0.05) is 31.5 Å². The predicted molar refractivity (Wildman–Crippen MR) is 59.2 cm³/mol. The van der Waals surface area contributed by atoms with Crippen molar-refractivity contribution in [2.24, 2.45) is 0 Å². The Labute approximate surface area is 90.3 Å². The Morgan fingerprint density at radius 2 is 1.93 bits per heavy atom. The molecule has 0 spiro atoms. The summed E-state index contributed by atoms with van der Waals surface area (Å²) in [5.41, 5.74) is 3.31. The van der Waals surface area contributed by atoms with Crippen LogP contribution in [0.25, 0.3) is 0 Å². The number of carbonyl (C=O) groups is 1. The van der Waals surface area contributed by atoms with Crippen LogP contribution in [0.5, 0.6) is 5.75 Å². The van der Waals surface area contributed by atoms with E-state index in [2.05, 4.69) is 26.8 Å². The highest BCUT2D eigenvalue weighted by atomic mass is 16.5. The second kappa shape index (κ2) is 3.09. The van der Waals surface area contributed by atoms with Gasteiger partial charge in [-0.3, -0.25) is 4.79 Å². The van der Waals surface area contributed by atoms with Gasteiger partial charge in [0.25, 0.3) is 0 Å². The van der Waals surface area contributed by atoms with E-state index in [1.807, 2.05) is 13.0 Å². The average Bonchev–Trinajstić information content (AvgIpc) is 2.06. The maximum absolute atomic E-state index is 11.5. The van der Waals surface area contributed by atoms with Crippen molar-refractivity contribution in [1.82, 2.24) is 0 Å². The van der Waals surface area contributed by atoms with E-state index in [1.165, 1.54) is 5.56 Å². The maximum Gasteiger partial charge on any atom is 0.312 e. The van der Waals surface area contributed by atoms with Gasteiger partial charge in [-0.15, -0.1) is 0 Å². The number of ether oxygens (including phenoxy) is 1. The third-order valence-corrected chi connectivity index (χ3v) is 2.95. The molecule has 0 bridgehead atoms. The van der Waals surface area contributed by atoms with Crippen molar-refractivity contribution in [2.45, 2.75) is 39.5 Å². The van der Waals surface area contributed by atoms with E-state index in [1.54, 1.807) is 0 Å². The van der Waals surface area contributed by atoms with Crippen LogP contribution in [0.4, 0.5) is 0 Å². The Hall–Kier alpha value is -1.31. The van der Waals surface area contributed by atoms with E-state index in [4.69, 9.17) is 4.74 Å². The number of hydrogen-bond donors (Lipinski definition) is 0. The molecule has 2 heteroatoms. The van der Waals surface area contributed by atoms with Crippen LogP contribution in [-0.2, 0) is 10.2 Å². The Morgan fingerprint density at radius 3 is 2.60 bits per heavy atom. The quantitative estimate of drug-likeness (QED) is 0.480. The minimum absolute atomic E-state index is 0.110. The molecule has 0 unspecified atom stereocenters. The third kappa shape index (κ3) is 1.65. The first-order valence-electron chi connectivity index (χ1n) is 5.22. The summed E-state index contributed by atoms with van der Waals surface area (Å²) in [7, 11) is 0. The molecule has 0 aliphatic carbocycles. The van der Waals surface area contributed by atoms with Crippen molar-refractivity contribution in [3.05, 3.63) is 28.8 Å². The zero-order valence-corrected chi connectivity index (χ0v) is 9.68. The third-order valence-electron chi connectivity index (χ3n) is 2.95. The zero-order valence-electron chi connectivity index (χ0n) is 9.68. The maximum atomic E-state index is 11.5. The fourth-order valence-corrected chi connectivity index (χ4v) is 2.20.